The summed E-state index contributed by atoms with van der Waals surface area (Å²) in [5, 5.41) is 2.84. The number of primary amides is 1. The Morgan fingerprint density at radius 1 is 1.35 bits per heavy atom. The maximum atomic E-state index is 11.1. The fourth-order valence-electron chi connectivity index (χ4n) is 2.85. The molecule has 1 aromatic carbocycles. The van der Waals surface area contributed by atoms with E-state index in [0.717, 1.165) is 31.4 Å². The van der Waals surface area contributed by atoms with Crippen molar-refractivity contribution in [2.75, 3.05) is 5.32 Å². The molecule has 92 valence electrons. The fourth-order valence-corrected chi connectivity index (χ4v) is 2.85. The van der Waals surface area contributed by atoms with Crippen molar-refractivity contribution >= 4 is 11.7 Å². The van der Waals surface area contributed by atoms with E-state index in [1.54, 1.807) is 0 Å². The molecule has 0 saturated heterocycles. The molecule has 0 spiro atoms. The molecular weight excluding hydrogens is 212 g/mol. The topological polar surface area (TPSA) is 55.1 Å². The Balaban J connectivity index is 2.58. The normalized spacial score (nSPS) is 13.5. The van der Waals surface area contributed by atoms with Crippen molar-refractivity contribution in [2.45, 2.75) is 46.0 Å². The number of hydrogen-bond acceptors (Lipinski definition) is 1. The first-order valence-electron chi connectivity index (χ1n) is 6.40. The van der Waals surface area contributed by atoms with Crippen molar-refractivity contribution in [1.29, 1.82) is 0 Å². The number of anilines is 1. The van der Waals surface area contributed by atoms with Crippen LogP contribution in [0.25, 0.3) is 0 Å². The van der Waals surface area contributed by atoms with E-state index in [4.69, 9.17) is 5.73 Å². The van der Waals surface area contributed by atoms with Crippen LogP contribution in [-0.4, -0.2) is 6.03 Å². The summed E-state index contributed by atoms with van der Waals surface area (Å²) in [6, 6.07) is 1.86. The van der Waals surface area contributed by atoms with Crippen LogP contribution in [0.4, 0.5) is 10.5 Å². The average molecular weight is 232 g/mol. The summed E-state index contributed by atoms with van der Waals surface area (Å²) in [5.41, 5.74) is 11.6. The third kappa shape index (κ3) is 2.14. The monoisotopic (exact) mass is 232 g/mol. The predicted molar refractivity (Wildman–Crippen MR) is 70.4 cm³/mol. The predicted octanol–water partition coefficient (Wildman–Crippen LogP) is 2.79. The number of hydrogen-bond donors (Lipinski definition) is 2. The van der Waals surface area contributed by atoms with Crippen molar-refractivity contribution in [3.05, 3.63) is 28.3 Å². The third-order valence-electron chi connectivity index (χ3n) is 3.58. The first-order valence-corrected chi connectivity index (χ1v) is 6.40. The minimum atomic E-state index is -0.456. The van der Waals surface area contributed by atoms with Crippen molar-refractivity contribution in [3.63, 3.8) is 0 Å². The van der Waals surface area contributed by atoms with E-state index in [1.807, 2.05) is 0 Å². The maximum Gasteiger partial charge on any atom is 0.316 e. The second-order valence-corrected chi connectivity index (χ2v) is 4.58. The minimum absolute atomic E-state index is 0.456. The molecule has 0 fully saturated rings. The standard InChI is InChI=1S/C14H20N2O/c1-3-9-8-10-6-5-7-12(10)13(11(9)4-2)16-14(15)17/h8H,3-7H2,1-2H3,(H3,15,16,17). The van der Waals surface area contributed by atoms with E-state index >= 15 is 0 Å². The number of nitrogens with two attached hydrogens (primary N) is 1. The Hall–Kier alpha value is -1.51. The van der Waals surface area contributed by atoms with Crippen LogP contribution in [0.5, 0.6) is 0 Å². The second kappa shape index (κ2) is 4.78. The lowest BCUT2D eigenvalue weighted by Gasteiger charge is -2.17. The van der Waals surface area contributed by atoms with Gasteiger partial charge in [0.25, 0.3) is 0 Å². The molecule has 0 bridgehead atoms. The number of benzene rings is 1. The minimum Gasteiger partial charge on any atom is -0.351 e. The van der Waals surface area contributed by atoms with Crippen LogP contribution in [0.2, 0.25) is 0 Å². The van der Waals surface area contributed by atoms with Gasteiger partial charge in [-0.05, 0) is 54.4 Å². The largest absolute Gasteiger partial charge is 0.351 e. The molecule has 0 heterocycles. The smallest absolute Gasteiger partial charge is 0.316 e. The molecular formula is C14H20N2O. The number of carbonyl (C=O) groups excluding carboxylic acids is 1. The molecule has 3 nitrogen and oxygen atoms in total. The summed E-state index contributed by atoms with van der Waals surface area (Å²) in [5.74, 6) is 0. The van der Waals surface area contributed by atoms with Gasteiger partial charge in [0.2, 0.25) is 0 Å². The van der Waals surface area contributed by atoms with E-state index in [1.165, 1.54) is 28.7 Å². The zero-order valence-electron chi connectivity index (χ0n) is 10.6. The number of nitrogens with one attached hydrogen (secondary N) is 1. The lowest BCUT2D eigenvalue weighted by atomic mass is 9.94. The molecule has 0 radical (unpaired) electrons. The Kier molecular flexibility index (Phi) is 3.36. The van der Waals surface area contributed by atoms with Crippen LogP contribution >= 0.6 is 0 Å². The van der Waals surface area contributed by atoms with Crippen LogP contribution in [0, 0.1) is 0 Å². The number of fused-ring (bicyclic) bond motifs is 1. The number of aryl methyl sites for hydroxylation is 2. The van der Waals surface area contributed by atoms with E-state index in [2.05, 4.69) is 25.2 Å². The molecule has 3 N–H and O–H groups in total. The molecule has 0 aliphatic heterocycles. The molecule has 3 heteroatoms. The molecule has 1 aliphatic rings. The van der Waals surface area contributed by atoms with Crippen LogP contribution < -0.4 is 11.1 Å². The van der Waals surface area contributed by atoms with Crippen LogP contribution in [0.3, 0.4) is 0 Å². The lowest BCUT2D eigenvalue weighted by molar-refractivity contribution is 0.259. The van der Waals surface area contributed by atoms with Gasteiger partial charge in [0.15, 0.2) is 0 Å². The highest BCUT2D eigenvalue weighted by Crippen LogP contribution is 2.35. The van der Waals surface area contributed by atoms with E-state index in [0.29, 0.717) is 0 Å². The highest BCUT2D eigenvalue weighted by molar-refractivity contribution is 5.90. The molecule has 0 saturated carbocycles. The summed E-state index contributed by atoms with van der Waals surface area (Å²) < 4.78 is 0. The van der Waals surface area contributed by atoms with Crippen molar-refractivity contribution in [3.8, 4) is 0 Å². The van der Waals surface area contributed by atoms with Gasteiger partial charge in [0.1, 0.15) is 0 Å². The van der Waals surface area contributed by atoms with Gasteiger partial charge < -0.3 is 11.1 Å². The van der Waals surface area contributed by atoms with Crippen molar-refractivity contribution in [2.24, 2.45) is 5.73 Å². The number of rotatable bonds is 3. The van der Waals surface area contributed by atoms with Crippen molar-refractivity contribution in [1.82, 2.24) is 0 Å². The highest BCUT2D eigenvalue weighted by atomic mass is 16.2. The zero-order chi connectivity index (χ0) is 12.4. The number of carbonyl (C=O) groups is 1. The highest BCUT2D eigenvalue weighted by Gasteiger charge is 2.20. The van der Waals surface area contributed by atoms with E-state index in [-0.39, 0.29) is 0 Å². The van der Waals surface area contributed by atoms with E-state index < -0.39 is 6.03 Å². The van der Waals surface area contributed by atoms with Crippen LogP contribution in [-0.2, 0) is 25.7 Å². The van der Waals surface area contributed by atoms with E-state index in [9.17, 15) is 4.79 Å². The molecule has 0 atom stereocenters. The van der Waals surface area contributed by atoms with Gasteiger partial charge in [-0.3, -0.25) is 0 Å². The first-order chi connectivity index (χ1) is 8.17. The Morgan fingerprint density at radius 3 is 2.71 bits per heavy atom. The van der Waals surface area contributed by atoms with Gasteiger partial charge in [-0.2, -0.15) is 0 Å². The SMILES string of the molecule is CCc1cc2c(c(NC(N)=O)c1CC)CCC2. The fraction of sp³-hybridized carbons (Fsp3) is 0.500. The summed E-state index contributed by atoms with van der Waals surface area (Å²) in [6.45, 7) is 4.28. The summed E-state index contributed by atoms with van der Waals surface area (Å²) in [6.07, 6.45) is 5.30. The van der Waals surface area contributed by atoms with Gasteiger partial charge in [-0.25, -0.2) is 4.79 Å². The number of urea groups is 1. The first kappa shape index (κ1) is 12.0. The summed E-state index contributed by atoms with van der Waals surface area (Å²) in [7, 11) is 0. The third-order valence-corrected chi connectivity index (χ3v) is 3.58. The summed E-state index contributed by atoms with van der Waals surface area (Å²) >= 11 is 0. The molecule has 17 heavy (non-hydrogen) atoms. The Morgan fingerprint density at radius 2 is 2.12 bits per heavy atom. The zero-order valence-corrected chi connectivity index (χ0v) is 10.6. The average Bonchev–Trinajstić information content (AvgIpc) is 2.75. The van der Waals surface area contributed by atoms with Crippen molar-refractivity contribution < 1.29 is 4.79 Å². The maximum absolute atomic E-state index is 11.1. The molecule has 2 amide bonds. The van der Waals surface area contributed by atoms with Crippen LogP contribution in [0.1, 0.15) is 42.5 Å². The Labute approximate surface area is 102 Å². The van der Waals surface area contributed by atoms with Gasteiger partial charge in [-0.1, -0.05) is 19.9 Å². The van der Waals surface area contributed by atoms with Gasteiger partial charge >= 0.3 is 6.03 Å². The Bertz CT molecular complexity index is 452. The summed E-state index contributed by atoms with van der Waals surface area (Å²) in [4.78, 5) is 11.1. The number of amides is 2. The molecule has 1 aliphatic carbocycles. The molecule has 0 aromatic heterocycles. The van der Waals surface area contributed by atoms with Gasteiger partial charge in [-0.15, -0.1) is 0 Å². The molecule has 0 unspecified atom stereocenters. The quantitative estimate of drug-likeness (QED) is 0.827. The van der Waals surface area contributed by atoms with Gasteiger partial charge in [0.05, 0.1) is 0 Å². The molecule has 2 rings (SSSR count). The second-order valence-electron chi connectivity index (χ2n) is 4.58. The van der Waals surface area contributed by atoms with Crippen LogP contribution in [0.15, 0.2) is 6.07 Å². The van der Waals surface area contributed by atoms with Gasteiger partial charge in [0, 0.05) is 5.69 Å². The molecule has 1 aromatic rings. The lowest BCUT2D eigenvalue weighted by Crippen LogP contribution is -2.21.